The second kappa shape index (κ2) is 6.64. The van der Waals surface area contributed by atoms with Crippen molar-refractivity contribution < 1.29 is 0 Å². The first-order valence-corrected chi connectivity index (χ1v) is 8.24. The molecule has 0 aromatic heterocycles. The lowest BCUT2D eigenvalue weighted by Gasteiger charge is -2.26. The Morgan fingerprint density at radius 3 is 2.05 bits per heavy atom. The Bertz CT molecular complexity index is 570. The van der Waals surface area contributed by atoms with Crippen molar-refractivity contribution in [1.82, 2.24) is 5.32 Å². The van der Waals surface area contributed by atoms with Gasteiger partial charge in [0, 0.05) is 5.02 Å². The smallest absolute Gasteiger partial charge is 0.0576 e. The molecule has 1 nitrogen and oxygen atoms in total. The fourth-order valence-corrected chi connectivity index (χ4v) is 3.12. The first-order valence-electron chi connectivity index (χ1n) is 7.86. The fraction of sp³-hybridized carbons (Fsp3) is 0.368. The summed E-state index contributed by atoms with van der Waals surface area (Å²) in [5.41, 5.74) is 4.08. The SMILES string of the molecule is CCNC(c1ccc(Cl)cc1)c1ccc(C2CCC2)cc1. The molecule has 2 aromatic rings. The van der Waals surface area contributed by atoms with Crippen molar-refractivity contribution in [3.63, 3.8) is 0 Å². The minimum absolute atomic E-state index is 0.239. The van der Waals surface area contributed by atoms with Crippen LogP contribution in [0.15, 0.2) is 48.5 Å². The lowest BCUT2D eigenvalue weighted by Crippen LogP contribution is -2.22. The Labute approximate surface area is 132 Å². The maximum atomic E-state index is 6.00. The third-order valence-corrected chi connectivity index (χ3v) is 4.71. The van der Waals surface area contributed by atoms with E-state index in [0.717, 1.165) is 17.5 Å². The van der Waals surface area contributed by atoms with E-state index in [1.807, 2.05) is 12.1 Å². The predicted octanol–water partition coefficient (Wildman–Crippen LogP) is 5.31. The summed E-state index contributed by atoms with van der Waals surface area (Å²) >= 11 is 6.00. The van der Waals surface area contributed by atoms with E-state index < -0.39 is 0 Å². The summed E-state index contributed by atoms with van der Waals surface area (Å²) in [6.07, 6.45) is 4.09. The third-order valence-electron chi connectivity index (χ3n) is 4.46. The quantitative estimate of drug-likeness (QED) is 0.789. The van der Waals surface area contributed by atoms with Gasteiger partial charge in [-0.05, 0) is 54.1 Å². The van der Waals surface area contributed by atoms with E-state index in [9.17, 15) is 0 Å². The minimum Gasteiger partial charge on any atom is -0.307 e. The van der Waals surface area contributed by atoms with Gasteiger partial charge in [0.15, 0.2) is 0 Å². The molecule has 0 spiro atoms. The van der Waals surface area contributed by atoms with E-state index in [0.29, 0.717) is 0 Å². The molecular formula is C19H22ClN. The lowest BCUT2D eigenvalue weighted by atomic mass is 9.79. The van der Waals surface area contributed by atoms with E-state index >= 15 is 0 Å². The highest BCUT2D eigenvalue weighted by atomic mass is 35.5. The third kappa shape index (κ3) is 3.30. The molecule has 0 heterocycles. The molecule has 1 saturated carbocycles. The van der Waals surface area contributed by atoms with E-state index in [1.54, 1.807) is 0 Å². The van der Waals surface area contributed by atoms with Gasteiger partial charge in [0.05, 0.1) is 6.04 Å². The number of halogens is 1. The van der Waals surface area contributed by atoms with Crippen molar-refractivity contribution >= 4 is 11.6 Å². The molecule has 2 aromatic carbocycles. The summed E-state index contributed by atoms with van der Waals surface area (Å²) in [6.45, 7) is 3.09. The van der Waals surface area contributed by atoms with Crippen LogP contribution in [0.25, 0.3) is 0 Å². The molecule has 0 amide bonds. The van der Waals surface area contributed by atoms with Gasteiger partial charge in [-0.3, -0.25) is 0 Å². The van der Waals surface area contributed by atoms with Crippen LogP contribution in [0.5, 0.6) is 0 Å². The van der Waals surface area contributed by atoms with Gasteiger partial charge in [0.25, 0.3) is 0 Å². The molecule has 1 aliphatic rings. The summed E-state index contributed by atoms with van der Waals surface area (Å²) in [5, 5.41) is 4.35. The van der Waals surface area contributed by atoms with E-state index in [1.165, 1.54) is 36.0 Å². The van der Waals surface area contributed by atoms with Gasteiger partial charge in [-0.2, -0.15) is 0 Å². The van der Waals surface area contributed by atoms with Crippen molar-refractivity contribution in [2.45, 2.75) is 38.1 Å². The van der Waals surface area contributed by atoms with E-state index in [4.69, 9.17) is 11.6 Å². The largest absolute Gasteiger partial charge is 0.307 e. The fourth-order valence-electron chi connectivity index (χ4n) is 2.99. The standard InChI is InChI=1S/C19H22ClN/c1-2-21-19(17-10-12-18(20)13-11-17)16-8-6-15(7-9-16)14-4-3-5-14/h6-14,19,21H,2-5H2,1H3. The van der Waals surface area contributed by atoms with E-state index in [-0.39, 0.29) is 6.04 Å². The zero-order valence-electron chi connectivity index (χ0n) is 12.5. The van der Waals surface area contributed by atoms with Crippen LogP contribution >= 0.6 is 11.6 Å². The van der Waals surface area contributed by atoms with Crippen molar-refractivity contribution in [3.8, 4) is 0 Å². The molecule has 21 heavy (non-hydrogen) atoms. The lowest BCUT2D eigenvalue weighted by molar-refractivity contribution is 0.419. The monoisotopic (exact) mass is 299 g/mol. The second-order valence-electron chi connectivity index (χ2n) is 5.84. The summed E-state index contributed by atoms with van der Waals surface area (Å²) in [7, 11) is 0. The van der Waals surface area contributed by atoms with Crippen LogP contribution in [0.4, 0.5) is 0 Å². The van der Waals surface area contributed by atoms with Gasteiger partial charge >= 0.3 is 0 Å². The molecule has 1 N–H and O–H groups in total. The Hall–Kier alpha value is -1.31. The minimum atomic E-state index is 0.239. The van der Waals surface area contributed by atoms with Crippen LogP contribution in [-0.4, -0.2) is 6.54 Å². The summed E-state index contributed by atoms with van der Waals surface area (Å²) in [5.74, 6) is 0.798. The number of benzene rings is 2. The normalized spacial score (nSPS) is 16.5. The zero-order chi connectivity index (χ0) is 14.7. The Morgan fingerprint density at radius 2 is 1.57 bits per heavy atom. The molecule has 0 bridgehead atoms. The average Bonchev–Trinajstić information content (AvgIpc) is 2.45. The molecule has 2 heteroatoms. The number of hydrogen-bond donors (Lipinski definition) is 1. The second-order valence-corrected chi connectivity index (χ2v) is 6.27. The summed E-state index contributed by atoms with van der Waals surface area (Å²) < 4.78 is 0. The van der Waals surface area contributed by atoms with Gasteiger partial charge in [-0.15, -0.1) is 0 Å². The van der Waals surface area contributed by atoms with Crippen molar-refractivity contribution in [1.29, 1.82) is 0 Å². The zero-order valence-corrected chi connectivity index (χ0v) is 13.2. The molecule has 1 atom stereocenters. The molecule has 1 aliphatic carbocycles. The molecule has 1 fully saturated rings. The number of nitrogens with one attached hydrogen (secondary N) is 1. The van der Waals surface area contributed by atoms with E-state index in [2.05, 4.69) is 48.6 Å². The van der Waals surface area contributed by atoms with Crippen molar-refractivity contribution in [2.24, 2.45) is 0 Å². The average molecular weight is 300 g/mol. The van der Waals surface area contributed by atoms with Gasteiger partial charge in [-0.25, -0.2) is 0 Å². The van der Waals surface area contributed by atoms with Crippen molar-refractivity contribution in [3.05, 3.63) is 70.2 Å². The van der Waals surface area contributed by atoms with Crippen molar-refractivity contribution in [2.75, 3.05) is 6.54 Å². The van der Waals surface area contributed by atoms with Crippen LogP contribution in [-0.2, 0) is 0 Å². The maximum absolute atomic E-state index is 6.00. The van der Waals surface area contributed by atoms with Gasteiger partial charge in [0.2, 0.25) is 0 Å². The molecule has 0 saturated heterocycles. The highest BCUT2D eigenvalue weighted by molar-refractivity contribution is 6.30. The maximum Gasteiger partial charge on any atom is 0.0576 e. The molecule has 1 unspecified atom stereocenters. The number of rotatable bonds is 5. The summed E-state index contributed by atoms with van der Waals surface area (Å²) in [6, 6.07) is 17.5. The van der Waals surface area contributed by atoms with Crippen LogP contribution in [0.3, 0.4) is 0 Å². The Kier molecular flexibility index (Phi) is 4.62. The van der Waals surface area contributed by atoms with Crippen LogP contribution in [0.2, 0.25) is 5.02 Å². The van der Waals surface area contributed by atoms with Crippen LogP contribution in [0.1, 0.15) is 54.8 Å². The predicted molar refractivity (Wildman–Crippen MR) is 90.0 cm³/mol. The van der Waals surface area contributed by atoms with Gasteiger partial charge in [-0.1, -0.05) is 61.3 Å². The van der Waals surface area contributed by atoms with Crippen LogP contribution < -0.4 is 5.32 Å². The van der Waals surface area contributed by atoms with Gasteiger partial charge in [0.1, 0.15) is 0 Å². The molecule has 3 rings (SSSR count). The number of hydrogen-bond acceptors (Lipinski definition) is 1. The molecular weight excluding hydrogens is 278 g/mol. The molecule has 110 valence electrons. The highest BCUT2D eigenvalue weighted by Gasteiger charge is 2.20. The molecule has 0 radical (unpaired) electrons. The first kappa shape index (κ1) is 14.6. The first-order chi connectivity index (χ1) is 10.3. The Morgan fingerprint density at radius 1 is 1.00 bits per heavy atom. The highest BCUT2D eigenvalue weighted by Crippen LogP contribution is 2.36. The molecule has 0 aliphatic heterocycles. The Balaban J connectivity index is 1.84. The van der Waals surface area contributed by atoms with Crippen LogP contribution in [0, 0.1) is 0 Å². The topological polar surface area (TPSA) is 12.0 Å². The van der Waals surface area contributed by atoms with Gasteiger partial charge < -0.3 is 5.32 Å². The summed E-state index contributed by atoms with van der Waals surface area (Å²) in [4.78, 5) is 0.